The maximum Gasteiger partial charge on any atom is 0.185 e. The molecule has 3 aliphatic rings. The summed E-state index contributed by atoms with van der Waals surface area (Å²) in [5.74, 6) is 0.990. The molecule has 5 rings (SSSR count). The van der Waals surface area contributed by atoms with Gasteiger partial charge in [0, 0.05) is 17.6 Å². The molecular formula is C25H24O4. The number of hydrogen-bond acceptors (Lipinski definition) is 4. The Morgan fingerprint density at radius 1 is 0.828 bits per heavy atom. The van der Waals surface area contributed by atoms with Crippen LogP contribution in [0.1, 0.15) is 29.5 Å². The van der Waals surface area contributed by atoms with Crippen LogP contribution in [0.2, 0.25) is 0 Å². The summed E-state index contributed by atoms with van der Waals surface area (Å²) in [5.41, 5.74) is 5.15. The summed E-state index contributed by atoms with van der Waals surface area (Å²) < 4.78 is 16.1. The van der Waals surface area contributed by atoms with E-state index in [1.807, 2.05) is 36.4 Å². The first-order chi connectivity index (χ1) is 14.2. The maximum absolute atomic E-state index is 12.8. The minimum Gasteiger partial charge on any atom is -0.491 e. The Morgan fingerprint density at radius 2 is 1.38 bits per heavy atom. The second-order valence-corrected chi connectivity index (χ2v) is 7.90. The highest BCUT2D eigenvalue weighted by Gasteiger charge is 2.24. The fourth-order valence-electron chi connectivity index (χ4n) is 3.59. The van der Waals surface area contributed by atoms with Crippen molar-refractivity contribution in [2.75, 3.05) is 19.8 Å². The summed E-state index contributed by atoms with van der Waals surface area (Å²) in [4.78, 5) is 12.8. The number of hydrogen-bond donors (Lipinski definition) is 0. The molecule has 0 aromatic heterocycles. The first kappa shape index (κ1) is 18.3. The van der Waals surface area contributed by atoms with Gasteiger partial charge in [-0.25, -0.2) is 0 Å². The van der Waals surface area contributed by atoms with Gasteiger partial charge >= 0.3 is 0 Å². The second-order valence-electron chi connectivity index (χ2n) is 7.90. The van der Waals surface area contributed by atoms with Crippen LogP contribution in [0.15, 0.2) is 59.7 Å². The first-order valence-electron chi connectivity index (χ1n) is 10.2. The summed E-state index contributed by atoms with van der Waals surface area (Å²) in [5, 5.41) is 0. The van der Waals surface area contributed by atoms with Crippen molar-refractivity contribution in [1.29, 1.82) is 0 Å². The summed E-state index contributed by atoms with van der Waals surface area (Å²) in [7, 11) is 0. The molecule has 4 nitrogen and oxygen atoms in total. The summed E-state index contributed by atoms with van der Waals surface area (Å²) in [6.45, 7) is 2.27. The molecule has 2 aromatic carbocycles. The van der Waals surface area contributed by atoms with Gasteiger partial charge in [0.25, 0.3) is 0 Å². The van der Waals surface area contributed by atoms with Crippen LogP contribution in [0.25, 0.3) is 12.2 Å². The van der Waals surface area contributed by atoms with E-state index < -0.39 is 0 Å². The van der Waals surface area contributed by atoms with E-state index in [9.17, 15) is 4.79 Å². The minimum absolute atomic E-state index is 0.159. The van der Waals surface area contributed by atoms with E-state index >= 15 is 0 Å². The van der Waals surface area contributed by atoms with Gasteiger partial charge in [0.05, 0.1) is 19.3 Å². The van der Waals surface area contributed by atoms with E-state index in [4.69, 9.17) is 14.2 Å². The lowest BCUT2D eigenvalue weighted by molar-refractivity contribution is -0.111. The molecule has 2 unspecified atom stereocenters. The monoisotopic (exact) mass is 388 g/mol. The van der Waals surface area contributed by atoms with Gasteiger partial charge in [-0.3, -0.25) is 4.79 Å². The Kier molecular flexibility index (Phi) is 5.04. The number of carbonyl (C=O) groups excluding carboxylic acids is 1. The summed E-state index contributed by atoms with van der Waals surface area (Å²) >= 11 is 0. The molecule has 0 amide bonds. The highest BCUT2D eigenvalue weighted by Crippen LogP contribution is 2.30. The third kappa shape index (κ3) is 4.84. The lowest BCUT2D eigenvalue weighted by Crippen LogP contribution is -2.03. The van der Waals surface area contributed by atoms with Gasteiger partial charge in [0.15, 0.2) is 5.78 Å². The number of Topliss-reactive ketones (excluding diaryl/α,β-unsaturated/α-hetero) is 1. The van der Waals surface area contributed by atoms with Gasteiger partial charge in [0.2, 0.25) is 0 Å². The van der Waals surface area contributed by atoms with E-state index in [0.29, 0.717) is 12.7 Å². The van der Waals surface area contributed by atoms with Crippen LogP contribution >= 0.6 is 0 Å². The lowest BCUT2D eigenvalue weighted by atomic mass is 10.0. The van der Waals surface area contributed by atoms with Crippen molar-refractivity contribution in [3.8, 4) is 5.75 Å². The Balaban J connectivity index is 1.23. The molecule has 148 valence electrons. The molecule has 0 bridgehead atoms. The third-order valence-corrected chi connectivity index (χ3v) is 5.49. The standard InChI is InChI=1S/C25H24O4/c26-25-20(11-17-1-3-19(4-2-17)13-23-14-28-23)7-8-21(25)12-18-5-9-22(10-6-18)27-15-24-16-29-24/h1-6,9-12,23-24H,7-8,13-16H2. The van der Waals surface area contributed by atoms with Gasteiger partial charge in [-0.1, -0.05) is 36.4 Å². The number of ketones is 1. The second kappa shape index (κ2) is 7.97. The summed E-state index contributed by atoms with van der Waals surface area (Å²) in [6, 6.07) is 16.3. The van der Waals surface area contributed by atoms with Crippen molar-refractivity contribution in [3.05, 3.63) is 76.4 Å². The fourth-order valence-corrected chi connectivity index (χ4v) is 3.59. The molecular weight excluding hydrogens is 364 g/mol. The van der Waals surface area contributed by atoms with Crippen LogP contribution in [0.4, 0.5) is 0 Å². The van der Waals surface area contributed by atoms with Crippen LogP contribution in [-0.4, -0.2) is 37.8 Å². The van der Waals surface area contributed by atoms with Gasteiger partial charge in [-0.15, -0.1) is 0 Å². The van der Waals surface area contributed by atoms with Crippen LogP contribution < -0.4 is 4.74 Å². The molecule has 0 N–H and O–H groups in total. The summed E-state index contributed by atoms with van der Waals surface area (Å²) in [6.07, 6.45) is 7.23. The highest BCUT2D eigenvalue weighted by atomic mass is 16.6. The molecule has 29 heavy (non-hydrogen) atoms. The predicted octanol–water partition coefficient (Wildman–Crippen LogP) is 4.24. The van der Waals surface area contributed by atoms with Crippen molar-refractivity contribution in [3.63, 3.8) is 0 Å². The van der Waals surface area contributed by atoms with E-state index in [0.717, 1.165) is 60.5 Å². The highest BCUT2D eigenvalue weighted by molar-refractivity contribution is 6.15. The number of rotatable bonds is 7. The van der Waals surface area contributed by atoms with Crippen molar-refractivity contribution in [1.82, 2.24) is 0 Å². The van der Waals surface area contributed by atoms with Crippen LogP contribution in [-0.2, 0) is 20.7 Å². The molecule has 2 aromatic rings. The first-order valence-corrected chi connectivity index (χ1v) is 10.2. The minimum atomic E-state index is 0.159. The zero-order valence-electron chi connectivity index (χ0n) is 16.3. The molecule has 2 atom stereocenters. The molecule has 2 aliphatic heterocycles. The Hall–Kier alpha value is -2.69. The van der Waals surface area contributed by atoms with Gasteiger partial charge in [0.1, 0.15) is 18.5 Å². The fraction of sp³-hybridized carbons (Fsp3) is 0.320. The third-order valence-electron chi connectivity index (χ3n) is 5.49. The lowest BCUT2D eigenvalue weighted by Gasteiger charge is -2.04. The molecule has 0 radical (unpaired) electrons. The number of benzene rings is 2. The van der Waals surface area contributed by atoms with Crippen LogP contribution in [0.5, 0.6) is 5.75 Å². The molecule has 0 spiro atoms. The molecule has 1 saturated carbocycles. The van der Waals surface area contributed by atoms with E-state index in [1.54, 1.807) is 0 Å². The molecule has 3 fully saturated rings. The molecule has 1 aliphatic carbocycles. The predicted molar refractivity (Wildman–Crippen MR) is 112 cm³/mol. The Labute approximate surface area is 170 Å². The molecule has 2 heterocycles. The number of ether oxygens (including phenoxy) is 3. The average molecular weight is 388 g/mol. The van der Waals surface area contributed by atoms with E-state index in [1.165, 1.54) is 5.56 Å². The van der Waals surface area contributed by atoms with Crippen molar-refractivity contribution in [2.24, 2.45) is 0 Å². The van der Waals surface area contributed by atoms with Crippen molar-refractivity contribution < 1.29 is 19.0 Å². The van der Waals surface area contributed by atoms with Crippen LogP contribution in [0.3, 0.4) is 0 Å². The number of allylic oxidation sites excluding steroid dienone is 2. The van der Waals surface area contributed by atoms with E-state index in [2.05, 4.69) is 24.3 Å². The average Bonchev–Trinajstić information content (AvgIpc) is 3.66. The zero-order chi connectivity index (χ0) is 19.6. The topological polar surface area (TPSA) is 51.4 Å². The largest absolute Gasteiger partial charge is 0.491 e. The van der Waals surface area contributed by atoms with E-state index in [-0.39, 0.29) is 11.9 Å². The normalized spacial score (nSPS) is 25.6. The van der Waals surface area contributed by atoms with Gasteiger partial charge in [-0.05, 0) is 53.8 Å². The smallest absolute Gasteiger partial charge is 0.185 e. The van der Waals surface area contributed by atoms with Crippen LogP contribution in [0, 0.1) is 0 Å². The zero-order valence-corrected chi connectivity index (χ0v) is 16.3. The maximum atomic E-state index is 12.8. The molecule has 2 saturated heterocycles. The quantitative estimate of drug-likeness (QED) is 0.526. The Morgan fingerprint density at radius 3 is 1.93 bits per heavy atom. The Bertz CT molecular complexity index is 945. The number of carbonyl (C=O) groups is 1. The van der Waals surface area contributed by atoms with Gasteiger partial charge < -0.3 is 14.2 Å². The molecule has 4 heteroatoms. The number of epoxide rings is 2. The SMILES string of the molecule is O=C1C(=Cc2ccc(CC3CO3)cc2)CCC1=Cc1ccc(OCC2CO2)cc1. The van der Waals surface area contributed by atoms with Gasteiger partial charge in [-0.2, -0.15) is 0 Å². The van der Waals surface area contributed by atoms with Crippen molar-refractivity contribution in [2.45, 2.75) is 31.5 Å². The van der Waals surface area contributed by atoms with Crippen molar-refractivity contribution >= 4 is 17.9 Å².